The van der Waals surface area contributed by atoms with Gasteiger partial charge in [-0.15, -0.1) is 12.4 Å². The summed E-state index contributed by atoms with van der Waals surface area (Å²) in [7, 11) is 0. The Morgan fingerprint density at radius 1 is 1.23 bits per heavy atom. The quantitative estimate of drug-likeness (QED) is 0.813. The summed E-state index contributed by atoms with van der Waals surface area (Å²) in [4.78, 5) is 2.01. The molecule has 22 heavy (non-hydrogen) atoms. The normalized spacial score (nSPS) is 17.9. The van der Waals surface area contributed by atoms with Gasteiger partial charge in [-0.05, 0) is 24.1 Å². The Labute approximate surface area is 138 Å². The summed E-state index contributed by atoms with van der Waals surface area (Å²) in [6, 6.07) is 3.49. The van der Waals surface area contributed by atoms with E-state index < -0.39 is 18.4 Å². The summed E-state index contributed by atoms with van der Waals surface area (Å²) in [5, 5.41) is 2.84. The Morgan fingerprint density at radius 2 is 1.86 bits per heavy atom. The van der Waals surface area contributed by atoms with Gasteiger partial charge >= 0.3 is 6.18 Å². The molecule has 1 aromatic carbocycles. The predicted octanol–water partition coefficient (Wildman–Crippen LogP) is 4.09. The molecule has 0 saturated carbocycles. The predicted molar refractivity (Wildman–Crippen MR) is 81.5 cm³/mol. The Balaban J connectivity index is 0.00000242. The van der Waals surface area contributed by atoms with Gasteiger partial charge in [0, 0.05) is 32.2 Å². The van der Waals surface area contributed by atoms with Gasteiger partial charge in [-0.25, -0.2) is 0 Å². The molecule has 0 unspecified atom stereocenters. The Morgan fingerprint density at radius 3 is 2.41 bits per heavy atom. The SMILES string of the molecule is Cl.FCC[C@H](c1ccc(Cl)c(C(F)(F)F)c1)N1CCNCC1. The fraction of sp³-hybridized carbons (Fsp3) is 0.571. The topological polar surface area (TPSA) is 15.3 Å². The van der Waals surface area contributed by atoms with E-state index in [9.17, 15) is 17.6 Å². The molecular formula is C14H18Cl2F4N2. The molecule has 0 amide bonds. The fourth-order valence-corrected chi connectivity index (χ4v) is 2.85. The first-order valence-corrected chi connectivity index (χ1v) is 7.18. The first kappa shape index (κ1) is 19.5. The van der Waals surface area contributed by atoms with Crippen LogP contribution in [0.4, 0.5) is 17.6 Å². The molecule has 1 aromatic rings. The molecule has 0 bridgehead atoms. The third-order valence-electron chi connectivity index (χ3n) is 3.66. The second kappa shape index (κ2) is 8.34. The van der Waals surface area contributed by atoms with Crippen LogP contribution in [0.5, 0.6) is 0 Å². The maximum atomic E-state index is 12.9. The van der Waals surface area contributed by atoms with Gasteiger partial charge in [0.1, 0.15) is 0 Å². The Bertz CT molecular complexity index is 476. The molecule has 1 aliphatic rings. The zero-order valence-corrected chi connectivity index (χ0v) is 13.4. The Hall–Kier alpha value is -0.560. The lowest BCUT2D eigenvalue weighted by molar-refractivity contribution is -0.137. The smallest absolute Gasteiger partial charge is 0.314 e. The molecule has 1 fully saturated rings. The summed E-state index contributed by atoms with van der Waals surface area (Å²) in [6.45, 7) is 2.31. The van der Waals surface area contributed by atoms with Crippen molar-refractivity contribution in [3.05, 3.63) is 34.3 Å². The highest BCUT2D eigenvalue weighted by atomic mass is 35.5. The van der Waals surface area contributed by atoms with Crippen LogP contribution in [0.1, 0.15) is 23.6 Å². The van der Waals surface area contributed by atoms with Gasteiger partial charge in [-0.2, -0.15) is 13.2 Å². The van der Waals surface area contributed by atoms with Crippen molar-refractivity contribution in [2.45, 2.75) is 18.6 Å². The summed E-state index contributed by atoms with van der Waals surface area (Å²) in [5.41, 5.74) is -0.396. The monoisotopic (exact) mass is 360 g/mol. The molecule has 0 radical (unpaired) electrons. The van der Waals surface area contributed by atoms with Gasteiger partial charge < -0.3 is 5.32 Å². The minimum Gasteiger partial charge on any atom is -0.314 e. The zero-order chi connectivity index (χ0) is 15.5. The van der Waals surface area contributed by atoms with Crippen LogP contribution >= 0.6 is 24.0 Å². The fourth-order valence-electron chi connectivity index (χ4n) is 2.62. The van der Waals surface area contributed by atoms with E-state index in [4.69, 9.17) is 11.6 Å². The number of alkyl halides is 4. The number of benzene rings is 1. The second-order valence-electron chi connectivity index (χ2n) is 5.02. The molecular weight excluding hydrogens is 343 g/mol. The molecule has 2 nitrogen and oxygen atoms in total. The van der Waals surface area contributed by atoms with Crippen molar-refractivity contribution in [1.82, 2.24) is 10.2 Å². The summed E-state index contributed by atoms with van der Waals surface area (Å²) < 4.78 is 51.6. The highest BCUT2D eigenvalue weighted by Gasteiger charge is 2.34. The van der Waals surface area contributed by atoms with Crippen molar-refractivity contribution in [1.29, 1.82) is 0 Å². The van der Waals surface area contributed by atoms with Crippen LogP contribution in [-0.4, -0.2) is 37.8 Å². The number of nitrogens with one attached hydrogen (secondary N) is 1. The first-order chi connectivity index (χ1) is 9.93. The van der Waals surface area contributed by atoms with Gasteiger partial charge in [0.05, 0.1) is 17.3 Å². The molecule has 0 aromatic heterocycles. The van der Waals surface area contributed by atoms with E-state index in [2.05, 4.69) is 5.32 Å². The van der Waals surface area contributed by atoms with Crippen LogP contribution in [0.3, 0.4) is 0 Å². The lowest BCUT2D eigenvalue weighted by Crippen LogP contribution is -2.45. The van der Waals surface area contributed by atoms with Crippen LogP contribution in [0, 0.1) is 0 Å². The van der Waals surface area contributed by atoms with E-state index in [-0.39, 0.29) is 29.9 Å². The number of nitrogens with zero attached hydrogens (tertiary/aromatic N) is 1. The molecule has 1 atom stereocenters. The molecule has 0 aliphatic carbocycles. The van der Waals surface area contributed by atoms with Crippen LogP contribution in [0.2, 0.25) is 5.02 Å². The van der Waals surface area contributed by atoms with Crippen LogP contribution in [-0.2, 0) is 6.18 Å². The molecule has 0 spiro atoms. The van der Waals surface area contributed by atoms with Gasteiger partial charge in [-0.1, -0.05) is 17.7 Å². The minimum atomic E-state index is -4.50. The van der Waals surface area contributed by atoms with Gasteiger partial charge in [0.25, 0.3) is 0 Å². The molecule has 1 saturated heterocycles. The van der Waals surface area contributed by atoms with Crippen molar-refractivity contribution in [3.8, 4) is 0 Å². The molecule has 8 heteroatoms. The summed E-state index contributed by atoms with van der Waals surface area (Å²) in [6.07, 6.45) is -4.32. The molecule has 1 heterocycles. The van der Waals surface area contributed by atoms with Gasteiger partial charge in [0.2, 0.25) is 0 Å². The highest BCUT2D eigenvalue weighted by Crippen LogP contribution is 2.37. The maximum absolute atomic E-state index is 12.9. The van der Waals surface area contributed by atoms with Crippen LogP contribution in [0.25, 0.3) is 0 Å². The number of hydrogen-bond donors (Lipinski definition) is 1. The average Bonchev–Trinajstić information content (AvgIpc) is 2.45. The lowest BCUT2D eigenvalue weighted by atomic mass is 9.99. The van der Waals surface area contributed by atoms with Crippen LogP contribution < -0.4 is 5.32 Å². The van der Waals surface area contributed by atoms with E-state index in [0.717, 1.165) is 19.2 Å². The van der Waals surface area contributed by atoms with Gasteiger partial charge in [-0.3, -0.25) is 9.29 Å². The molecule has 126 valence electrons. The number of rotatable bonds is 4. The minimum absolute atomic E-state index is 0. The Kier molecular flexibility index (Phi) is 7.38. The van der Waals surface area contributed by atoms with Crippen molar-refractivity contribution >= 4 is 24.0 Å². The van der Waals surface area contributed by atoms with Crippen molar-refractivity contribution in [2.75, 3.05) is 32.9 Å². The zero-order valence-electron chi connectivity index (χ0n) is 11.8. The lowest BCUT2D eigenvalue weighted by Gasteiger charge is -2.35. The van der Waals surface area contributed by atoms with E-state index in [0.29, 0.717) is 18.7 Å². The molecule has 2 rings (SSSR count). The highest BCUT2D eigenvalue weighted by molar-refractivity contribution is 6.31. The summed E-state index contributed by atoms with van der Waals surface area (Å²) in [5.74, 6) is 0. The van der Waals surface area contributed by atoms with Crippen LogP contribution in [0.15, 0.2) is 18.2 Å². The van der Waals surface area contributed by atoms with Gasteiger partial charge in [0.15, 0.2) is 0 Å². The third kappa shape index (κ3) is 4.72. The van der Waals surface area contributed by atoms with E-state index in [1.165, 1.54) is 6.07 Å². The number of piperazine rings is 1. The van der Waals surface area contributed by atoms with E-state index in [1.54, 1.807) is 6.07 Å². The first-order valence-electron chi connectivity index (χ1n) is 6.81. The van der Waals surface area contributed by atoms with E-state index >= 15 is 0 Å². The van der Waals surface area contributed by atoms with Crippen molar-refractivity contribution in [2.24, 2.45) is 0 Å². The molecule has 1 aliphatic heterocycles. The number of halogens is 6. The second-order valence-corrected chi connectivity index (χ2v) is 5.42. The largest absolute Gasteiger partial charge is 0.417 e. The standard InChI is InChI=1S/C14H17ClF4N2.ClH/c15-12-2-1-10(9-11(12)14(17,18)19)13(3-4-16)21-7-5-20-6-8-21;/h1-2,9,13,20H,3-8H2;1H/t13-;/m1./s1. The summed E-state index contributed by atoms with van der Waals surface area (Å²) >= 11 is 5.63. The average molecular weight is 361 g/mol. The third-order valence-corrected chi connectivity index (χ3v) is 3.99. The molecule has 1 N–H and O–H groups in total. The van der Waals surface area contributed by atoms with Crippen molar-refractivity contribution in [3.63, 3.8) is 0 Å². The van der Waals surface area contributed by atoms with E-state index in [1.807, 2.05) is 4.90 Å². The maximum Gasteiger partial charge on any atom is 0.417 e. The number of hydrogen-bond acceptors (Lipinski definition) is 2. The van der Waals surface area contributed by atoms with Crippen molar-refractivity contribution < 1.29 is 17.6 Å².